The summed E-state index contributed by atoms with van der Waals surface area (Å²) in [5.74, 6) is 1.06. The van der Waals surface area contributed by atoms with E-state index in [1.807, 2.05) is 30.0 Å². The molecular formula is C19H27ClN2O3. The number of halogens is 1. The molecule has 138 valence electrons. The molecule has 0 aliphatic carbocycles. The molecule has 1 aromatic rings. The first-order chi connectivity index (χ1) is 12.0. The van der Waals surface area contributed by atoms with E-state index in [1.165, 1.54) is 0 Å². The van der Waals surface area contributed by atoms with E-state index in [0.717, 1.165) is 48.7 Å². The van der Waals surface area contributed by atoms with Crippen LogP contribution in [0.2, 0.25) is 5.02 Å². The van der Waals surface area contributed by atoms with Crippen LogP contribution in [0.3, 0.4) is 0 Å². The van der Waals surface area contributed by atoms with Gasteiger partial charge in [0.2, 0.25) is 11.8 Å². The fraction of sp³-hybridized carbons (Fsp3) is 0.579. The lowest BCUT2D eigenvalue weighted by Crippen LogP contribution is -2.40. The van der Waals surface area contributed by atoms with Crippen LogP contribution in [0.5, 0.6) is 5.75 Å². The Morgan fingerprint density at radius 1 is 1.36 bits per heavy atom. The number of hydrogen-bond acceptors (Lipinski definition) is 3. The van der Waals surface area contributed by atoms with Crippen molar-refractivity contribution in [3.05, 3.63) is 28.8 Å². The van der Waals surface area contributed by atoms with Crippen LogP contribution in [-0.2, 0) is 9.59 Å². The molecule has 0 spiro atoms. The molecule has 2 N–H and O–H groups in total. The number of benzene rings is 1. The minimum absolute atomic E-state index is 0.166. The number of piperidine rings is 1. The highest BCUT2D eigenvalue weighted by atomic mass is 35.5. The van der Waals surface area contributed by atoms with Crippen LogP contribution < -0.4 is 10.5 Å². The Labute approximate surface area is 154 Å². The van der Waals surface area contributed by atoms with Crippen molar-refractivity contribution in [2.24, 2.45) is 11.7 Å². The molecule has 1 fully saturated rings. The number of ether oxygens (including phenoxy) is 1. The summed E-state index contributed by atoms with van der Waals surface area (Å²) in [5, 5.41) is 0.721. The highest BCUT2D eigenvalue weighted by Gasteiger charge is 2.23. The van der Waals surface area contributed by atoms with Gasteiger partial charge < -0.3 is 15.4 Å². The fourth-order valence-electron chi connectivity index (χ4n) is 3.15. The van der Waals surface area contributed by atoms with E-state index in [-0.39, 0.29) is 11.8 Å². The predicted octanol–water partition coefficient (Wildman–Crippen LogP) is 3.31. The normalized spacial score (nSPS) is 17.4. The lowest BCUT2D eigenvalue weighted by atomic mass is 9.93. The number of primary amides is 1. The zero-order valence-electron chi connectivity index (χ0n) is 14.8. The van der Waals surface area contributed by atoms with E-state index in [0.29, 0.717) is 31.8 Å². The quantitative estimate of drug-likeness (QED) is 0.717. The van der Waals surface area contributed by atoms with Crippen LogP contribution >= 0.6 is 11.6 Å². The molecule has 0 radical (unpaired) electrons. The van der Waals surface area contributed by atoms with Gasteiger partial charge in [-0.3, -0.25) is 9.59 Å². The molecule has 0 saturated carbocycles. The lowest BCUT2D eigenvalue weighted by molar-refractivity contribution is -0.133. The van der Waals surface area contributed by atoms with Crippen molar-refractivity contribution in [3.8, 4) is 5.75 Å². The topological polar surface area (TPSA) is 72.6 Å². The molecule has 1 unspecified atom stereocenters. The van der Waals surface area contributed by atoms with Gasteiger partial charge in [-0.05, 0) is 62.3 Å². The maximum Gasteiger partial charge on any atom is 0.222 e. The molecule has 1 aromatic carbocycles. The first-order valence-corrected chi connectivity index (χ1v) is 9.28. The Bertz CT molecular complexity index is 606. The summed E-state index contributed by atoms with van der Waals surface area (Å²) in [5.41, 5.74) is 6.19. The molecular weight excluding hydrogens is 340 g/mol. The molecule has 2 rings (SSSR count). The molecule has 1 atom stereocenters. The third-order valence-corrected chi connectivity index (χ3v) is 5.03. The molecule has 1 aliphatic rings. The zero-order chi connectivity index (χ0) is 18.2. The summed E-state index contributed by atoms with van der Waals surface area (Å²) < 4.78 is 5.68. The Balaban J connectivity index is 1.68. The van der Waals surface area contributed by atoms with E-state index >= 15 is 0 Å². The Hall–Kier alpha value is -1.75. The summed E-state index contributed by atoms with van der Waals surface area (Å²) in [4.78, 5) is 25.2. The van der Waals surface area contributed by atoms with Crippen molar-refractivity contribution in [2.45, 2.75) is 45.4 Å². The number of carbonyl (C=O) groups excluding carboxylic acids is 2. The van der Waals surface area contributed by atoms with Crippen LogP contribution in [0, 0.1) is 12.8 Å². The average molecular weight is 367 g/mol. The number of carbonyl (C=O) groups is 2. The number of nitrogens with two attached hydrogens (primary N) is 1. The van der Waals surface area contributed by atoms with Crippen LogP contribution in [0.25, 0.3) is 0 Å². The highest BCUT2D eigenvalue weighted by molar-refractivity contribution is 6.31. The summed E-state index contributed by atoms with van der Waals surface area (Å²) in [6.07, 6.45) is 4.41. The van der Waals surface area contributed by atoms with Crippen molar-refractivity contribution in [3.63, 3.8) is 0 Å². The van der Waals surface area contributed by atoms with Gasteiger partial charge in [0.15, 0.2) is 0 Å². The van der Waals surface area contributed by atoms with E-state index in [1.54, 1.807) is 0 Å². The monoisotopic (exact) mass is 366 g/mol. The van der Waals surface area contributed by atoms with E-state index < -0.39 is 0 Å². The molecule has 0 aromatic heterocycles. The summed E-state index contributed by atoms with van der Waals surface area (Å²) in [6, 6.07) is 5.56. The SMILES string of the molecule is Cc1cc(OCCCC(=O)N2CCCC(CCC(N)=O)C2)ccc1Cl. The number of nitrogens with zero attached hydrogens (tertiary/aromatic N) is 1. The number of likely N-dealkylation sites (tertiary alicyclic amines) is 1. The average Bonchev–Trinajstić information content (AvgIpc) is 2.60. The first-order valence-electron chi connectivity index (χ1n) is 8.90. The second-order valence-corrected chi connectivity index (χ2v) is 7.12. The fourth-order valence-corrected chi connectivity index (χ4v) is 3.27. The van der Waals surface area contributed by atoms with Gasteiger partial charge in [0.05, 0.1) is 6.61 Å². The van der Waals surface area contributed by atoms with Gasteiger partial charge in [-0.15, -0.1) is 0 Å². The summed E-state index contributed by atoms with van der Waals surface area (Å²) in [7, 11) is 0. The van der Waals surface area contributed by atoms with Gasteiger partial charge >= 0.3 is 0 Å². The zero-order valence-corrected chi connectivity index (χ0v) is 15.6. The standard InChI is InChI=1S/C19H27ClN2O3/c1-14-12-16(7-8-17(14)20)25-11-3-5-19(24)22-10-2-4-15(13-22)6-9-18(21)23/h7-8,12,15H,2-6,9-11,13H2,1H3,(H2,21,23). The van der Waals surface area contributed by atoms with E-state index in [4.69, 9.17) is 22.1 Å². The molecule has 5 nitrogen and oxygen atoms in total. The van der Waals surface area contributed by atoms with Crippen molar-refractivity contribution in [2.75, 3.05) is 19.7 Å². The van der Waals surface area contributed by atoms with E-state index in [9.17, 15) is 9.59 Å². The molecule has 6 heteroatoms. The molecule has 0 bridgehead atoms. The Morgan fingerprint density at radius 3 is 2.88 bits per heavy atom. The smallest absolute Gasteiger partial charge is 0.222 e. The lowest BCUT2D eigenvalue weighted by Gasteiger charge is -2.32. The van der Waals surface area contributed by atoms with Crippen molar-refractivity contribution < 1.29 is 14.3 Å². The second-order valence-electron chi connectivity index (χ2n) is 6.72. The third-order valence-electron chi connectivity index (χ3n) is 4.60. The van der Waals surface area contributed by atoms with Crippen LogP contribution in [0.15, 0.2) is 18.2 Å². The second kappa shape index (κ2) is 9.66. The minimum Gasteiger partial charge on any atom is -0.494 e. The maximum absolute atomic E-state index is 12.4. The highest BCUT2D eigenvalue weighted by Crippen LogP contribution is 2.23. The maximum atomic E-state index is 12.4. The first kappa shape index (κ1) is 19.6. The van der Waals surface area contributed by atoms with Crippen molar-refractivity contribution in [1.29, 1.82) is 0 Å². The van der Waals surface area contributed by atoms with Crippen molar-refractivity contribution >= 4 is 23.4 Å². The van der Waals surface area contributed by atoms with Crippen LogP contribution in [-0.4, -0.2) is 36.4 Å². The van der Waals surface area contributed by atoms with Gasteiger partial charge in [-0.2, -0.15) is 0 Å². The number of amides is 2. The molecule has 1 heterocycles. The summed E-state index contributed by atoms with van der Waals surface area (Å²) >= 11 is 5.99. The Kier molecular flexibility index (Phi) is 7.56. The van der Waals surface area contributed by atoms with Crippen LogP contribution in [0.4, 0.5) is 0 Å². The molecule has 25 heavy (non-hydrogen) atoms. The molecule has 1 aliphatic heterocycles. The molecule has 2 amide bonds. The Morgan fingerprint density at radius 2 is 2.16 bits per heavy atom. The van der Waals surface area contributed by atoms with Gasteiger partial charge in [0.25, 0.3) is 0 Å². The largest absolute Gasteiger partial charge is 0.494 e. The third kappa shape index (κ3) is 6.58. The summed E-state index contributed by atoms with van der Waals surface area (Å²) in [6.45, 7) is 3.99. The van der Waals surface area contributed by atoms with Gasteiger partial charge in [0.1, 0.15) is 5.75 Å². The molecule has 1 saturated heterocycles. The van der Waals surface area contributed by atoms with Gasteiger partial charge in [-0.1, -0.05) is 11.6 Å². The van der Waals surface area contributed by atoms with Gasteiger partial charge in [0, 0.05) is 31.0 Å². The minimum atomic E-state index is -0.266. The van der Waals surface area contributed by atoms with Gasteiger partial charge in [-0.25, -0.2) is 0 Å². The van der Waals surface area contributed by atoms with E-state index in [2.05, 4.69) is 0 Å². The van der Waals surface area contributed by atoms with Crippen molar-refractivity contribution in [1.82, 2.24) is 4.90 Å². The van der Waals surface area contributed by atoms with Crippen LogP contribution in [0.1, 0.15) is 44.1 Å². The number of rotatable bonds is 8. The predicted molar refractivity (Wildman–Crippen MR) is 98.7 cm³/mol. The number of hydrogen-bond donors (Lipinski definition) is 1. The number of aryl methyl sites for hydroxylation is 1.